The van der Waals surface area contributed by atoms with E-state index in [1.165, 1.54) is 16.8 Å². The topological polar surface area (TPSA) is 63.9 Å². The molecule has 0 spiro atoms. The molecule has 3 heterocycles. The minimum atomic E-state index is -0.357. The van der Waals surface area contributed by atoms with Crippen molar-refractivity contribution in [1.29, 1.82) is 0 Å². The minimum Gasteiger partial charge on any atom is -0.331 e. The molecule has 1 saturated heterocycles. The number of thiophene rings is 1. The maximum absolute atomic E-state index is 12.7. The summed E-state index contributed by atoms with van der Waals surface area (Å²) in [5.74, 6) is 0.0760. The molecule has 4 rings (SSSR count). The van der Waals surface area contributed by atoms with Gasteiger partial charge in [0.15, 0.2) is 6.04 Å². The van der Waals surface area contributed by atoms with Crippen molar-refractivity contribution >= 4 is 17.2 Å². The fourth-order valence-corrected chi connectivity index (χ4v) is 3.97. The number of tetrazole rings is 1. The summed E-state index contributed by atoms with van der Waals surface area (Å²) in [6.45, 7) is 2.78. The maximum atomic E-state index is 12.7. The number of nitrogens with zero attached hydrogens (tertiary/aromatic N) is 5. The van der Waals surface area contributed by atoms with Crippen LogP contribution in [-0.2, 0) is 11.2 Å². The van der Waals surface area contributed by atoms with Crippen LogP contribution in [0, 0.1) is 6.92 Å². The Morgan fingerprint density at radius 3 is 2.75 bits per heavy atom. The number of hydrogen-bond acceptors (Lipinski definition) is 5. The van der Waals surface area contributed by atoms with E-state index in [-0.39, 0.29) is 18.0 Å². The molecule has 0 saturated carbocycles. The average Bonchev–Trinajstić information content (AvgIpc) is 3.27. The lowest BCUT2D eigenvalue weighted by Crippen LogP contribution is -2.56. The van der Waals surface area contributed by atoms with Gasteiger partial charge in [-0.15, -0.1) is 16.4 Å². The van der Waals surface area contributed by atoms with Gasteiger partial charge in [0, 0.05) is 11.4 Å². The lowest BCUT2D eigenvalue weighted by Gasteiger charge is -2.47. The molecule has 0 radical (unpaired) electrons. The van der Waals surface area contributed by atoms with Crippen molar-refractivity contribution < 1.29 is 4.79 Å². The Bertz CT molecular complexity index is 831. The number of aromatic nitrogens is 4. The molecule has 1 fully saturated rings. The van der Waals surface area contributed by atoms with Crippen molar-refractivity contribution in [3.05, 3.63) is 64.1 Å². The van der Waals surface area contributed by atoms with Gasteiger partial charge in [0.25, 0.3) is 5.91 Å². The normalized spacial score (nSPS) is 20.2. The van der Waals surface area contributed by atoms with E-state index in [1.54, 1.807) is 16.0 Å². The molecule has 2 atom stereocenters. The molecule has 24 heavy (non-hydrogen) atoms. The average molecular weight is 339 g/mol. The van der Waals surface area contributed by atoms with Gasteiger partial charge < -0.3 is 4.90 Å². The van der Waals surface area contributed by atoms with Crippen molar-refractivity contribution in [2.24, 2.45) is 0 Å². The van der Waals surface area contributed by atoms with Crippen LogP contribution in [0.2, 0.25) is 0 Å². The number of carbonyl (C=O) groups is 1. The van der Waals surface area contributed by atoms with Crippen LogP contribution in [0.3, 0.4) is 0 Å². The Morgan fingerprint density at radius 2 is 2.04 bits per heavy atom. The number of likely N-dealkylation sites (tertiary alicyclic amines) is 1. The third-order valence-electron chi connectivity index (χ3n) is 4.51. The highest BCUT2D eigenvalue weighted by Crippen LogP contribution is 2.43. The van der Waals surface area contributed by atoms with Crippen LogP contribution in [0.1, 0.15) is 28.1 Å². The molecule has 6 nitrogen and oxygen atoms in total. The number of aryl methyl sites for hydroxylation is 1. The summed E-state index contributed by atoms with van der Waals surface area (Å²) in [6, 6.07) is 12.0. The summed E-state index contributed by atoms with van der Waals surface area (Å²) in [4.78, 5) is 16.0. The van der Waals surface area contributed by atoms with Gasteiger partial charge in [-0.3, -0.25) is 4.79 Å². The molecule has 1 aromatic carbocycles. The Labute approximate surface area is 143 Å². The number of rotatable bonds is 5. The highest BCUT2D eigenvalue weighted by molar-refractivity contribution is 7.09. The first-order valence-electron chi connectivity index (χ1n) is 7.86. The molecule has 1 amide bonds. The van der Waals surface area contributed by atoms with Gasteiger partial charge in [-0.05, 0) is 46.3 Å². The summed E-state index contributed by atoms with van der Waals surface area (Å²) in [5, 5.41) is 13.4. The van der Waals surface area contributed by atoms with Crippen molar-refractivity contribution in [1.82, 2.24) is 25.1 Å². The van der Waals surface area contributed by atoms with Crippen molar-refractivity contribution in [3.8, 4) is 0 Å². The van der Waals surface area contributed by atoms with Crippen LogP contribution in [0.15, 0.2) is 48.1 Å². The molecular weight excluding hydrogens is 322 g/mol. The maximum Gasteiger partial charge on any atom is 0.250 e. The van der Waals surface area contributed by atoms with E-state index in [1.807, 2.05) is 23.1 Å². The zero-order chi connectivity index (χ0) is 16.5. The van der Waals surface area contributed by atoms with E-state index in [0.717, 1.165) is 12.0 Å². The molecule has 3 aromatic rings. The SMILES string of the molecule is Cc1ccccc1[C@H]1[C@H](n2cnnn2)C(=O)N1CCc1cccs1. The van der Waals surface area contributed by atoms with Gasteiger partial charge in [-0.2, -0.15) is 0 Å². The monoisotopic (exact) mass is 339 g/mol. The quantitative estimate of drug-likeness (QED) is 0.670. The zero-order valence-electron chi connectivity index (χ0n) is 13.2. The zero-order valence-corrected chi connectivity index (χ0v) is 14.1. The molecule has 2 aromatic heterocycles. The third-order valence-corrected chi connectivity index (χ3v) is 5.44. The standard InChI is InChI=1S/C17H17N5OS/c1-12-5-2-3-7-14(12)15-16(22-11-18-19-20-22)17(23)21(15)9-8-13-6-4-10-24-13/h2-7,10-11,15-16H,8-9H2,1H3/t15-,16-/m0/s1. The number of benzene rings is 1. The fourth-order valence-electron chi connectivity index (χ4n) is 3.28. The Kier molecular flexibility index (Phi) is 3.86. The first-order chi connectivity index (χ1) is 11.8. The lowest BCUT2D eigenvalue weighted by atomic mass is 9.86. The number of hydrogen-bond donors (Lipinski definition) is 0. The van der Waals surface area contributed by atoms with Gasteiger partial charge in [0.1, 0.15) is 6.33 Å². The van der Waals surface area contributed by atoms with Crippen LogP contribution in [0.5, 0.6) is 0 Å². The molecule has 122 valence electrons. The molecule has 0 aliphatic carbocycles. The van der Waals surface area contributed by atoms with Crippen molar-refractivity contribution in [3.63, 3.8) is 0 Å². The Balaban J connectivity index is 1.63. The minimum absolute atomic E-state index is 0.0258. The van der Waals surface area contributed by atoms with Gasteiger partial charge >= 0.3 is 0 Å². The molecule has 1 aliphatic rings. The molecule has 7 heteroatoms. The predicted octanol–water partition coefficient (Wildman–Crippen LogP) is 2.41. The van der Waals surface area contributed by atoms with Crippen LogP contribution in [-0.4, -0.2) is 37.6 Å². The fraction of sp³-hybridized carbons (Fsp3) is 0.294. The van der Waals surface area contributed by atoms with Gasteiger partial charge in [-0.1, -0.05) is 30.3 Å². The molecule has 0 unspecified atom stereocenters. The molecule has 0 N–H and O–H groups in total. The van der Waals surface area contributed by atoms with Crippen LogP contribution in [0.4, 0.5) is 0 Å². The summed E-state index contributed by atoms with van der Waals surface area (Å²) in [5.41, 5.74) is 2.33. The lowest BCUT2D eigenvalue weighted by molar-refractivity contribution is -0.155. The van der Waals surface area contributed by atoms with Crippen LogP contribution in [0.25, 0.3) is 0 Å². The largest absolute Gasteiger partial charge is 0.331 e. The number of carbonyl (C=O) groups excluding carboxylic acids is 1. The van der Waals surface area contributed by atoms with E-state index in [2.05, 4.69) is 46.0 Å². The second-order valence-corrected chi connectivity index (χ2v) is 6.93. The summed E-state index contributed by atoms with van der Waals surface area (Å²) in [6.07, 6.45) is 2.39. The molecule has 0 bridgehead atoms. The second kappa shape index (κ2) is 6.16. The first kappa shape index (κ1) is 15.0. The van der Waals surface area contributed by atoms with E-state index < -0.39 is 0 Å². The summed E-state index contributed by atoms with van der Waals surface area (Å²) < 4.78 is 1.57. The highest BCUT2D eigenvalue weighted by Gasteiger charge is 2.50. The van der Waals surface area contributed by atoms with Gasteiger partial charge in [0.2, 0.25) is 0 Å². The van der Waals surface area contributed by atoms with Crippen molar-refractivity contribution in [2.75, 3.05) is 6.54 Å². The van der Waals surface area contributed by atoms with Crippen LogP contribution < -0.4 is 0 Å². The third kappa shape index (κ3) is 2.50. The summed E-state index contributed by atoms with van der Waals surface area (Å²) >= 11 is 1.72. The highest BCUT2D eigenvalue weighted by atomic mass is 32.1. The predicted molar refractivity (Wildman–Crippen MR) is 90.5 cm³/mol. The van der Waals surface area contributed by atoms with Gasteiger partial charge in [0.05, 0.1) is 6.04 Å². The van der Waals surface area contributed by atoms with Gasteiger partial charge in [-0.25, -0.2) is 4.68 Å². The number of β-lactam (4-membered cyclic amide) rings is 1. The number of amides is 1. The smallest absolute Gasteiger partial charge is 0.250 e. The molecule has 1 aliphatic heterocycles. The Morgan fingerprint density at radius 1 is 1.17 bits per heavy atom. The van der Waals surface area contributed by atoms with Crippen LogP contribution >= 0.6 is 11.3 Å². The van der Waals surface area contributed by atoms with Crippen molar-refractivity contribution in [2.45, 2.75) is 25.4 Å². The van der Waals surface area contributed by atoms with E-state index in [0.29, 0.717) is 6.54 Å². The first-order valence-corrected chi connectivity index (χ1v) is 8.74. The Hall–Kier alpha value is -2.54. The second-order valence-electron chi connectivity index (χ2n) is 5.90. The molecular formula is C17H17N5OS. The summed E-state index contributed by atoms with van der Waals surface area (Å²) in [7, 11) is 0. The van der Waals surface area contributed by atoms with E-state index in [4.69, 9.17) is 0 Å². The van der Waals surface area contributed by atoms with E-state index >= 15 is 0 Å². The van der Waals surface area contributed by atoms with E-state index in [9.17, 15) is 4.79 Å².